The molecule has 1 N–H and O–H groups in total. The minimum absolute atomic E-state index is 0.103. The molecule has 2 rings (SSSR count). The Labute approximate surface area is 118 Å². The zero-order chi connectivity index (χ0) is 15.3. The molecule has 0 saturated heterocycles. The van der Waals surface area contributed by atoms with Crippen molar-refractivity contribution in [1.29, 1.82) is 0 Å². The fourth-order valence-electron chi connectivity index (χ4n) is 1.82. The number of carbonyl (C=O) groups excluding carboxylic acids is 1. The van der Waals surface area contributed by atoms with E-state index in [0.717, 1.165) is 0 Å². The molecule has 0 saturated carbocycles. The molecule has 0 bridgehead atoms. The van der Waals surface area contributed by atoms with E-state index in [1.807, 2.05) is 0 Å². The van der Waals surface area contributed by atoms with Gasteiger partial charge >= 0.3 is 6.18 Å². The molecular weight excluding hydrogens is 287 g/mol. The average Bonchev–Trinajstić information content (AvgIpc) is 3.09. The van der Waals surface area contributed by atoms with Crippen LogP contribution >= 0.6 is 0 Å². The molecule has 0 aliphatic carbocycles. The summed E-state index contributed by atoms with van der Waals surface area (Å²) in [5.41, 5.74) is 0. The molecule has 2 aromatic heterocycles. The minimum atomic E-state index is -4.33. The van der Waals surface area contributed by atoms with Gasteiger partial charge in [0.2, 0.25) is 5.91 Å². The van der Waals surface area contributed by atoms with Crippen molar-refractivity contribution in [3.63, 3.8) is 0 Å². The Kier molecular flexibility index (Phi) is 4.66. The lowest BCUT2D eigenvalue weighted by Crippen LogP contribution is -2.32. The summed E-state index contributed by atoms with van der Waals surface area (Å²) >= 11 is 0. The van der Waals surface area contributed by atoms with Gasteiger partial charge in [0.1, 0.15) is 11.8 Å². The van der Waals surface area contributed by atoms with E-state index in [9.17, 15) is 18.0 Å². The second-order valence-corrected chi connectivity index (χ2v) is 4.44. The van der Waals surface area contributed by atoms with E-state index in [1.165, 1.54) is 6.26 Å². The normalized spacial score (nSPS) is 13.1. The van der Waals surface area contributed by atoms with Gasteiger partial charge in [0.15, 0.2) is 0 Å². The van der Waals surface area contributed by atoms with Gasteiger partial charge in [-0.2, -0.15) is 18.3 Å². The first-order valence-electron chi connectivity index (χ1n) is 6.32. The standard InChI is InChI=1S/C13H14F3N3O2/c14-13(15,16)5-4-12(20)17-9-10(11-3-1-8-21-11)19-7-2-6-18-19/h1-3,6-8,10H,4-5,9H2,(H,17,20). The number of halogens is 3. The summed E-state index contributed by atoms with van der Waals surface area (Å²) in [6.45, 7) is 0.103. The van der Waals surface area contributed by atoms with Crippen LogP contribution in [0.1, 0.15) is 24.6 Å². The van der Waals surface area contributed by atoms with E-state index in [-0.39, 0.29) is 6.54 Å². The van der Waals surface area contributed by atoms with Crippen LogP contribution in [0.3, 0.4) is 0 Å². The maximum Gasteiger partial charge on any atom is 0.389 e. The van der Waals surface area contributed by atoms with Gasteiger partial charge < -0.3 is 9.73 Å². The van der Waals surface area contributed by atoms with Gasteiger partial charge in [-0.1, -0.05) is 0 Å². The number of nitrogens with zero attached hydrogens (tertiary/aromatic N) is 2. The summed E-state index contributed by atoms with van der Waals surface area (Å²) in [6.07, 6.45) is -1.31. The third kappa shape index (κ3) is 4.66. The van der Waals surface area contributed by atoms with E-state index in [2.05, 4.69) is 10.4 Å². The summed E-state index contributed by atoms with van der Waals surface area (Å²) in [6, 6.07) is 4.72. The second-order valence-electron chi connectivity index (χ2n) is 4.44. The number of carbonyl (C=O) groups is 1. The highest BCUT2D eigenvalue weighted by atomic mass is 19.4. The molecule has 0 radical (unpaired) electrons. The van der Waals surface area contributed by atoms with E-state index < -0.39 is 31.0 Å². The molecule has 8 heteroatoms. The number of aromatic nitrogens is 2. The van der Waals surface area contributed by atoms with Crippen molar-refractivity contribution in [2.45, 2.75) is 25.1 Å². The van der Waals surface area contributed by atoms with Gasteiger partial charge in [-0.25, -0.2) is 0 Å². The largest absolute Gasteiger partial charge is 0.467 e. The lowest BCUT2D eigenvalue weighted by Gasteiger charge is -2.16. The fourth-order valence-corrected chi connectivity index (χ4v) is 1.82. The summed E-state index contributed by atoms with van der Waals surface area (Å²) < 4.78 is 43.0. The lowest BCUT2D eigenvalue weighted by molar-refractivity contribution is -0.144. The zero-order valence-corrected chi connectivity index (χ0v) is 11.0. The van der Waals surface area contributed by atoms with Gasteiger partial charge in [-0.05, 0) is 18.2 Å². The number of rotatable bonds is 6. The molecule has 5 nitrogen and oxygen atoms in total. The van der Waals surface area contributed by atoms with Crippen molar-refractivity contribution in [3.05, 3.63) is 42.6 Å². The number of hydrogen-bond donors (Lipinski definition) is 1. The highest BCUT2D eigenvalue weighted by Crippen LogP contribution is 2.21. The molecule has 1 atom stereocenters. The smallest absolute Gasteiger partial charge is 0.389 e. The Bertz CT molecular complexity index is 515. The monoisotopic (exact) mass is 301 g/mol. The van der Waals surface area contributed by atoms with Crippen LogP contribution in [0.2, 0.25) is 0 Å². The Morgan fingerprint density at radius 2 is 2.24 bits per heavy atom. The number of nitrogens with one attached hydrogen (secondary N) is 1. The van der Waals surface area contributed by atoms with Gasteiger partial charge in [0.25, 0.3) is 0 Å². The minimum Gasteiger partial charge on any atom is -0.467 e. The maximum absolute atomic E-state index is 12.1. The molecule has 0 aromatic carbocycles. The van der Waals surface area contributed by atoms with Crippen LogP contribution < -0.4 is 5.32 Å². The Balaban J connectivity index is 1.93. The quantitative estimate of drug-likeness (QED) is 0.892. The first kappa shape index (κ1) is 15.1. The SMILES string of the molecule is O=C(CCC(F)(F)F)NCC(c1ccco1)n1cccn1. The predicted octanol–water partition coefficient (Wildman–Crippen LogP) is 2.52. The summed E-state index contributed by atoms with van der Waals surface area (Å²) in [7, 11) is 0. The van der Waals surface area contributed by atoms with Crippen LogP contribution in [-0.2, 0) is 4.79 Å². The van der Waals surface area contributed by atoms with Crippen LogP contribution in [-0.4, -0.2) is 28.4 Å². The maximum atomic E-state index is 12.1. The number of furan rings is 1. The molecule has 0 aliphatic heterocycles. The summed E-state index contributed by atoms with van der Waals surface area (Å²) in [4.78, 5) is 11.5. The van der Waals surface area contributed by atoms with E-state index in [0.29, 0.717) is 5.76 Å². The third-order valence-corrected chi connectivity index (χ3v) is 2.84. The van der Waals surface area contributed by atoms with E-state index in [4.69, 9.17) is 4.42 Å². The molecule has 0 aliphatic rings. The van der Waals surface area contributed by atoms with E-state index >= 15 is 0 Å². The zero-order valence-electron chi connectivity index (χ0n) is 11.0. The van der Waals surface area contributed by atoms with Crippen molar-refractivity contribution in [3.8, 4) is 0 Å². The van der Waals surface area contributed by atoms with Crippen molar-refractivity contribution >= 4 is 5.91 Å². The number of amides is 1. The first-order chi connectivity index (χ1) is 9.96. The number of alkyl halides is 3. The molecule has 1 amide bonds. The van der Waals surface area contributed by atoms with Crippen LogP contribution in [0.4, 0.5) is 13.2 Å². The number of hydrogen-bond acceptors (Lipinski definition) is 3. The Morgan fingerprint density at radius 1 is 1.43 bits per heavy atom. The van der Waals surface area contributed by atoms with Gasteiger partial charge in [0, 0.05) is 25.4 Å². The van der Waals surface area contributed by atoms with Gasteiger partial charge in [0.05, 0.1) is 12.7 Å². The molecule has 21 heavy (non-hydrogen) atoms. The van der Waals surface area contributed by atoms with Crippen molar-refractivity contribution in [1.82, 2.24) is 15.1 Å². The predicted molar refractivity (Wildman–Crippen MR) is 67.4 cm³/mol. The highest BCUT2D eigenvalue weighted by Gasteiger charge is 2.28. The molecule has 0 spiro atoms. The van der Waals surface area contributed by atoms with E-state index in [1.54, 1.807) is 35.3 Å². The van der Waals surface area contributed by atoms with Gasteiger partial charge in [-0.15, -0.1) is 0 Å². The van der Waals surface area contributed by atoms with Gasteiger partial charge in [-0.3, -0.25) is 9.48 Å². The van der Waals surface area contributed by atoms with Crippen LogP contribution in [0, 0.1) is 0 Å². The van der Waals surface area contributed by atoms with Crippen LogP contribution in [0.25, 0.3) is 0 Å². The Hall–Kier alpha value is -2.25. The molecule has 0 fully saturated rings. The first-order valence-corrected chi connectivity index (χ1v) is 6.32. The Morgan fingerprint density at radius 3 is 2.81 bits per heavy atom. The summed E-state index contributed by atoms with van der Waals surface area (Å²) in [5, 5.41) is 6.53. The third-order valence-electron chi connectivity index (χ3n) is 2.84. The fraction of sp³-hybridized carbons (Fsp3) is 0.385. The highest BCUT2D eigenvalue weighted by molar-refractivity contribution is 5.75. The van der Waals surface area contributed by atoms with Crippen LogP contribution in [0.15, 0.2) is 41.3 Å². The topological polar surface area (TPSA) is 60.1 Å². The molecule has 2 aromatic rings. The molecule has 2 heterocycles. The molecular formula is C13H14F3N3O2. The second kappa shape index (κ2) is 6.47. The molecule has 1 unspecified atom stereocenters. The lowest BCUT2D eigenvalue weighted by atomic mass is 10.2. The summed E-state index contributed by atoms with van der Waals surface area (Å²) in [5.74, 6) is -0.0918. The van der Waals surface area contributed by atoms with Crippen LogP contribution in [0.5, 0.6) is 0 Å². The molecule has 114 valence electrons. The van der Waals surface area contributed by atoms with Crippen molar-refractivity contribution in [2.24, 2.45) is 0 Å². The van der Waals surface area contributed by atoms with Crippen molar-refractivity contribution in [2.75, 3.05) is 6.54 Å². The average molecular weight is 301 g/mol. The van der Waals surface area contributed by atoms with Crippen molar-refractivity contribution < 1.29 is 22.4 Å².